The number of aryl methyl sites for hydroxylation is 1. The number of fused-ring (bicyclic) bond motifs is 4. The van der Waals surface area contributed by atoms with Gasteiger partial charge in [-0.3, -0.25) is 0 Å². The number of aromatic hydroxyl groups is 1. The van der Waals surface area contributed by atoms with Crippen molar-refractivity contribution in [2.24, 2.45) is 0 Å². The summed E-state index contributed by atoms with van der Waals surface area (Å²) in [6.07, 6.45) is 1.84. The fourth-order valence-electron chi connectivity index (χ4n) is 5.34. The van der Waals surface area contributed by atoms with Crippen LogP contribution in [0.25, 0.3) is 38.5 Å². The first kappa shape index (κ1) is 28.8. The molecule has 0 saturated carbocycles. The summed E-state index contributed by atoms with van der Waals surface area (Å²) in [5.74, 6) is 1.91. The number of hydrogen-bond donors (Lipinski definition) is 1. The van der Waals surface area contributed by atoms with Gasteiger partial charge in [0, 0.05) is 50.0 Å². The Morgan fingerprint density at radius 1 is 0.805 bits per heavy atom. The predicted octanol–water partition coefficient (Wildman–Crippen LogP) is 8.93. The second-order valence-corrected chi connectivity index (χ2v) is 12.6. The molecule has 6 heteroatoms. The molecule has 0 atom stereocenters. The molecule has 1 N–H and O–H groups in total. The summed E-state index contributed by atoms with van der Waals surface area (Å²) in [5, 5.41) is 13.7. The Labute approximate surface area is 255 Å². The van der Waals surface area contributed by atoms with E-state index in [0.717, 1.165) is 44.1 Å². The Balaban J connectivity index is 0.00000337. The van der Waals surface area contributed by atoms with Crippen molar-refractivity contribution in [3.63, 3.8) is 0 Å². The van der Waals surface area contributed by atoms with E-state index in [4.69, 9.17) is 9.72 Å². The maximum atomic E-state index is 10.6. The van der Waals surface area contributed by atoms with Crippen LogP contribution < -0.4 is 4.74 Å². The van der Waals surface area contributed by atoms with E-state index in [9.17, 15) is 5.11 Å². The molecule has 0 aliphatic rings. The number of rotatable bonds is 3. The van der Waals surface area contributed by atoms with Gasteiger partial charge in [-0.15, -0.1) is 17.5 Å². The normalized spacial score (nSPS) is 12.2. The molecule has 0 aliphatic heterocycles. The van der Waals surface area contributed by atoms with Gasteiger partial charge in [-0.2, -0.15) is 6.07 Å². The van der Waals surface area contributed by atoms with E-state index >= 15 is 0 Å². The first-order valence-electron chi connectivity index (χ1n) is 13.7. The molecule has 0 amide bonds. The smallest absolute Gasteiger partial charge is 0.217 e. The predicted molar refractivity (Wildman–Crippen MR) is 163 cm³/mol. The van der Waals surface area contributed by atoms with Gasteiger partial charge in [-0.25, -0.2) is 9.97 Å². The van der Waals surface area contributed by atoms with Crippen molar-refractivity contribution in [2.45, 2.75) is 59.3 Å². The monoisotopic (exact) mass is 723 g/mol. The largest absolute Gasteiger partial charge is 0.506 e. The number of benzene rings is 3. The number of hydrogen-bond acceptors (Lipinski definition) is 4. The fourth-order valence-corrected chi connectivity index (χ4v) is 5.34. The summed E-state index contributed by atoms with van der Waals surface area (Å²) in [7, 11) is 0. The van der Waals surface area contributed by atoms with E-state index in [0.29, 0.717) is 17.1 Å². The van der Waals surface area contributed by atoms with Crippen LogP contribution in [0.1, 0.15) is 58.2 Å². The average Bonchev–Trinajstić information content (AvgIpc) is 3.21. The molecule has 5 nitrogen and oxygen atoms in total. The van der Waals surface area contributed by atoms with Gasteiger partial charge in [0.15, 0.2) is 0 Å². The second-order valence-electron chi connectivity index (χ2n) is 12.6. The van der Waals surface area contributed by atoms with Crippen molar-refractivity contribution < 1.29 is 30.9 Å². The molecular weight excluding hydrogens is 689 g/mol. The van der Waals surface area contributed by atoms with Crippen molar-refractivity contribution in [3.05, 3.63) is 95.7 Å². The Morgan fingerprint density at radius 3 is 2.27 bits per heavy atom. The summed E-state index contributed by atoms with van der Waals surface area (Å²) in [4.78, 5) is 9.39. The van der Waals surface area contributed by atoms with E-state index in [2.05, 4.69) is 94.4 Å². The average molecular weight is 724 g/mol. The Bertz CT molecular complexity index is 1930. The van der Waals surface area contributed by atoms with Crippen LogP contribution in [0.5, 0.6) is 17.4 Å². The van der Waals surface area contributed by atoms with Crippen LogP contribution in [0.4, 0.5) is 0 Å². The summed E-state index contributed by atoms with van der Waals surface area (Å²) >= 11 is 0. The number of nitrogens with zero attached hydrogens (tertiary/aromatic N) is 3. The summed E-state index contributed by atoms with van der Waals surface area (Å²) in [6, 6.07) is 25.7. The van der Waals surface area contributed by atoms with Crippen LogP contribution in [0.3, 0.4) is 0 Å². The van der Waals surface area contributed by atoms with E-state index in [-0.39, 0.29) is 37.6 Å². The minimum Gasteiger partial charge on any atom is -0.506 e. The molecule has 0 unspecified atom stereocenters. The SMILES string of the molecule is Cc1ccnc(-n2c3[c-]c(Oc4ccc5c(C(C)(C)C)ccc(O)c5n4)ccc3c3cc(C(C)(C)C)ccc32)c1.[Pt]. The topological polar surface area (TPSA) is 60.2 Å². The molecule has 0 saturated heterocycles. The van der Waals surface area contributed by atoms with Gasteiger partial charge in [0.25, 0.3) is 0 Å². The third-order valence-electron chi connectivity index (χ3n) is 7.48. The molecule has 0 bridgehead atoms. The first-order valence-corrected chi connectivity index (χ1v) is 13.7. The number of phenols is 1. The number of aromatic nitrogens is 3. The molecule has 0 fully saturated rings. The maximum Gasteiger partial charge on any atom is 0.217 e. The summed E-state index contributed by atoms with van der Waals surface area (Å²) in [6.45, 7) is 15.2. The zero-order valence-corrected chi connectivity index (χ0v) is 26.7. The third-order valence-corrected chi connectivity index (χ3v) is 7.48. The molecule has 0 aliphatic carbocycles. The van der Waals surface area contributed by atoms with Crippen LogP contribution in [0.2, 0.25) is 0 Å². The van der Waals surface area contributed by atoms with E-state index < -0.39 is 0 Å². The van der Waals surface area contributed by atoms with E-state index in [1.165, 1.54) is 5.56 Å². The van der Waals surface area contributed by atoms with Crippen LogP contribution in [0.15, 0.2) is 72.9 Å². The molecule has 41 heavy (non-hydrogen) atoms. The molecule has 212 valence electrons. The molecule has 3 heterocycles. The molecule has 0 radical (unpaired) electrons. The minimum absolute atomic E-state index is 0. The van der Waals surface area contributed by atoms with Crippen LogP contribution in [0, 0.1) is 13.0 Å². The minimum atomic E-state index is -0.0844. The molecule has 3 aromatic heterocycles. The van der Waals surface area contributed by atoms with Gasteiger partial charge in [0.2, 0.25) is 5.88 Å². The van der Waals surface area contributed by atoms with E-state index in [1.807, 2.05) is 36.5 Å². The summed E-state index contributed by atoms with van der Waals surface area (Å²) < 4.78 is 8.40. The molecule has 6 aromatic rings. The zero-order valence-electron chi connectivity index (χ0n) is 24.4. The Morgan fingerprint density at radius 2 is 1.56 bits per heavy atom. The van der Waals surface area contributed by atoms with Gasteiger partial charge in [-0.1, -0.05) is 65.3 Å². The number of phenolic OH excluding ortho intramolecular Hbond substituents is 1. The van der Waals surface area contributed by atoms with Crippen molar-refractivity contribution in [1.29, 1.82) is 0 Å². The third kappa shape index (κ3) is 5.24. The first-order chi connectivity index (χ1) is 18.9. The molecule has 6 rings (SSSR count). The number of pyridine rings is 2. The van der Waals surface area contributed by atoms with Crippen LogP contribution in [-0.2, 0) is 31.9 Å². The van der Waals surface area contributed by atoms with Crippen molar-refractivity contribution in [3.8, 4) is 23.2 Å². The van der Waals surface area contributed by atoms with Crippen molar-refractivity contribution in [1.82, 2.24) is 14.5 Å². The van der Waals surface area contributed by atoms with Gasteiger partial charge in [-0.05, 0) is 70.2 Å². The second kappa shape index (κ2) is 10.3. The van der Waals surface area contributed by atoms with E-state index in [1.54, 1.807) is 6.07 Å². The Hall–Kier alpha value is -3.69. The van der Waals surface area contributed by atoms with Crippen LogP contribution >= 0.6 is 0 Å². The zero-order chi connectivity index (χ0) is 28.4. The van der Waals surface area contributed by atoms with Crippen molar-refractivity contribution >= 4 is 32.7 Å². The van der Waals surface area contributed by atoms with Gasteiger partial charge >= 0.3 is 0 Å². The summed E-state index contributed by atoms with van der Waals surface area (Å²) in [5.41, 5.74) is 5.94. The van der Waals surface area contributed by atoms with Crippen molar-refractivity contribution in [2.75, 3.05) is 0 Å². The van der Waals surface area contributed by atoms with Crippen LogP contribution in [-0.4, -0.2) is 19.6 Å². The van der Waals surface area contributed by atoms with Gasteiger partial charge < -0.3 is 14.4 Å². The molecule has 0 spiro atoms. The Kier molecular flexibility index (Phi) is 7.24. The standard InChI is InChI=1S/C35H34N3O2.Pt/c1-21-16-17-36-31(18-21)38-28-13-8-22(34(2,3)4)19-26(28)24-10-9-23(20-29(24)38)40-32-15-11-25-27(35(5,6)7)12-14-30(39)33(25)37-32;/h8-19,39H,1-7H3;/q-1;. The fraction of sp³-hybridized carbons (Fsp3) is 0.257. The molecular formula is C35H34N3O2Pt-. The number of ether oxygens (including phenoxy) is 1. The van der Waals surface area contributed by atoms with Gasteiger partial charge in [0.1, 0.15) is 17.1 Å². The van der Waals surface area contributed by atoms with Gasteiger partial charge in [0.05, 0.1) is 0 Å². The quantitative estimate of drug-likeness (QED) is 0.185. The molecule has 3 aromatic carbocycles. The maximum absolute atomic E-state index is 10.6.